The lowest BCUT2D eigenvalue weighted by Gasteiger charge is -2.09. The maximum Gasteiger partial charge on any atom is 0.224 e. The largest absolute Gasteiger partial charge is 0.325 e. The number of carbonyl (C=O) groups is 1. The average molecular weight is 276 g/mol. The molecule has 0 spiro atoms. The van der Waals surface area contributed by atoms with E-state index in [4.69, 9.17) is 11.6 Å². The lowest BCUT2D eigenvalue weighted by Crippen LogP contribution is -2.14. The summed E-state index contributed by atoms with van der Waals surface area (Å²) < 4.78 is 23.0. The number of alkyl halides is 1. The van der Waals surface area contributed by atoms with Crippen LogP contribution in [0, 0.1) is 0 Å². The zero-order valence-electron chi connectivity index (χ0n) is 9.44. The molecule has 0 saturated heterocycles. The number of amides is 1. The van der Waals surface area contributed by atoms with E-state index in [-0.39, 0.29) is 17.2 Å². The van der Waals surface area contributed by atoms with Gasteiger partial charge in [0, 0.05) is 18.6 Å². The lowest BCUT2D eigenvalue weighted by atomic mass is 10.3. The molecule has 0 fully saturated rings. The fraction of sp³-hybridized carbons (Fsp3) is 0.364. The van der Waals surface area contributed by atoms with Crippen molar-refractivity contribution in [3.63, 3.8) is 0 Å². The molecule has 1 aromatic carbocycles. The summed E-state index contributed by atoms with van der Waals surface area (Å²) in [5.74, 6) is 0.169. The van der Waals surface area contributed by atoms with E-state index in [1.807, 2.05) is 0 Å². The molecule has 0 aromatic heterocycles. The van der Waals surface area contributed by atoms with Crippen molar-refractivity contribution in [3.8, 4) is 0 Å². The first-order valence-electron chi connectivity index (χ1n) is 5.10. The van der Waals surface area contributed by atoms with Crippen LogP contribution in [0.3, 0.4) is 0 Å². The summed E-state index contributed by atoms with van der Waals surface area (Å²) in [5, 5.41) is 2.58. The SMILES string of the molecule is CS(=O)(=O)c1ccccc1NC(=O)CCCCl. The van der Waals surface area contributed by atoms with Gasteiger partial charge in [-0.25, -0.2) is 8.42 Å². The Hall–Kier alpha value is -1.07. The molecule has 6 heteroatoms. The van der Waals surface area contributed by atoms with Crippen molar-refractivity contribution in [2.45, 2.75) is 17.7 Å². The van der Waals surface area contributed by atoms with E-state index in [0.717, 1.165) is 6.26 Å². The second kappa shape index (κ2) is 6.02. The van der Waals surface area contributed by atoms with Gasteiger partial charge in [-0.3, -0.25) is 4.79 Å². The van der Waals surface area contributed by atoms with Crippen LogP contribution in [0.1, 0.15) is 12.8 Å². The van der Waals surface area contributed by atoms with E-state index < -0.39 is 9.84 Å². The first kappa shape index (κ1) is 14.0. The molecule has 0 unspecified atom stereocenters. The van der Waals surface area contributed by atoms with Crippen LogP contribution < -0.4 is 5.32 Å². The van der Waals surface area contributed by atoms with Gasteiger partial charge < -0.3 is 5.32 Å². The second-order valence-electron chi connectivity index (χ2n) is 3.61. The van der Waals surface area contributed by atoms with Gasteiger partial charge in [0.15, 0.2) is 9.84 Å². The van der Waals surface area contributed by atoms with Crippen LogP contribution in [0.5, 0.6) is 0 Å². The first-order valence-corrected chi connectivity index (χ1v) is 7.52. The van der Waals surface area contributed by atoms with Crippen LogP contribution in [0.4, 0.5) is 5.69 Å². The molecule has 0 bridgehead atoms. The normalized spacial score (nSPS) is 11.2. The molecule has 0 aliphatic heterocycles. The number of hydrogen-bond donors (Lipinski definition) is 1. The number of carbonyl (C=O) groups excluding carboxylic acids is 1. The van der Waals surface area contributed by atoms with Crippen LogP contribution in [-0.4, -0.2) is 26.5 Å². The highest BCUT2D eigenvalue weighted by Crippen LogP contribution is 2.20. The van der Waals surface area contributed by atoms with Gasteiger partial charge in [-0.1, -0.05) is 12.1 Å². The Balaban J connectivity index is 2.88. The molecule has 0 atom stereocenters. The number of halogens is 1. The molecule has 0 radical (unpaired) electrons. The third-order valence-electron chi connectivity index (χ3n) is 2.10. The molecule has 1 amide bonds. The van der Waals surface area contributed by atoms with Gasteiger partial charge in [-0.05, 0) is 18.6 Å². The van der Waals surface area contributed by atoms with Gasteiger partial charge in [0.25, 0.3) is 0 Å². The fourth-order valence-electron chi connectivity index (χ4n) is 1.33. The molecule has 0 aliphatic carbocycles. The molecule has 0 saturated carbocycles. The second-order valence-corrected chi connectivity index (χ2v) is 5.97. The van der Waals surface area contributed by atoms with E-state index in [1.54, 1.807) is 18.2 Å². The molecular formula is C11H14ClNO3S. The van der Waals surface area contributed by atoms with Gasteiger partial charge in [-0.2, -0.15) is 0 Å². The first-order chi connectivity index (χ1) is 7.95. The third-order valence-corrected chi connectivity index (χ3v) is 3.52. The van der Waals surface area contributed by atoms with Crippen LogP contribution in [0.2, 0.25) is 0 Å². The number of hydrogen-bond acceptors (Lipinski definition) is 3. The predicted octanol–water partition coefficient (Wildman–Crippen LogP) is 2.05. The smallest absolute Gasteiger partial charge is 0.224 e. The summed E-state index contributed by atoms with van der Waals surface area (Å²) in [4.78, 5) is 11.6. The molecule has 17 heavy (non-hydrogen) atoms. The van der Waals surface area contributed by atoms with Crippen LogP contribution in [0.25, 0.3) is 0 Å². The van der Waals surface area contributed by atoms with Gasteiger partial charge in [0.1, 0.15) is 0 Å². The Morgan fingerprint density at radius 1 is 1.35 bits per heavy atom. The number of benzene rings is 1. The topological polar surface area (TPSA) is 63.2 Å². The molecule has 1 N–H and O–H groups in total. The van der Waals surface area contributed by atoms with Crippen LogP contribution in [0.15, 0.2) is 29.2 Å². The van der Waals surface area contributed by atoms with Crippen molar-refractivity contribution >= 4 is 33.0 Å². The number of para-hydroxylation sites is 1. The molecule has 1 rings (SSSR count). The van der Waals surface area contributed by atoms with E-state index in [0.29, 0.717) is 18.0 Å². The minimum atomic E-state index is -3.34. The zero-order chi connectivity index (χ0) is 12.9. The quantitative estimate of drug-likeness (QED) is 0.837. The Bertz CT molecular complexity index is 499. The van der Waals surface area contributed by atoms with Crippen molar-refractivity contribution in [1.82, 2.24) is 0 Å². The number of nitrogens with one attached hydrogen (secondary N) is 1. The minimum absolute atomic E-state index is 0.124. The van der Waals surface area contributed by atoms with Crippen molar-refractivity contribution < 1.29 is 13.2 Å². The highest BCUT2D eigenvalue weighted by atomic mass is 35.5. The Labute approximate surface area is 106 Å². The predicted molar refractivity (Wildman–Crippen MR) is 68.1 cm³/mol. The minimum Gasteiger partial charge on any atom is -0.325 e. The summed E-state index contributed by atoms with van der Waals surface area (Å²) >= 11 is 5.48. The van der Waals surface area contributed by atoms with E-state index in [1.165, 1.54) is 6.07 Å². The van der Waals surface area contributed by atoms with E-state index in [9.17, 15) is 13.2 Å². The van der Waals surface area contributed by atoms with Crippen molar-refractivity contribution in [2.24, 2.45) is 0 Å². The summed E-state index contributed by atoms with van der Waals surface area (Å²) in [6.45, 7) is 0. The highest BCUT2D eigenvalue weighted by Gasteiger charge is 2.13. The lowest BCUT2D eigenvalue weighted by molar-refractivity contribution is -0.116. The van der Waals surface area contributed by atoms with Gasteiger partial charge in [0.2, 0.25) is 5.91 Å². The third kappa shape index (κ3) is 4.36. The number of rotatable bonds is 5. The maximum absolute atomic E-state index is 11.5. The van der Waals surface area contributed by atoms with Crippen LogP contribution in [-0.2, 0) is 14.6 Å². The molecule has 1 aromatic rings. The molecule has 0 heterocycles. The highest BCUT2D eigenvalue weighted by molar-refractivity contribution is 7.90. The molecule has 94 valence electrons. The van der Waals surface area contributed by atoms with Gasteiger partial charge in [-0.15, -0.1) is 11.6 Å². The Morgan fingerprint density at radius 2 is 2.00 bits per heavy atom. The van der Waals surface area contributed by atoms with Crippen LogP contribution >= 0.6 is 11.6 Å². The number of sulfone groups is 1. The van der Waals surface area contributed by atoms with E-state index in [2.05, 4.69) is 5.32 Å². The molecule has 4 nitrogen and oxygen atoms in total. The fourth-order valence-corrected chi connectivity index (χ4v) is 2.31. The average Bonchev–Trinajstić information content (AvgIpc) is 2.25. The summed E-state index contributed by atoms with van der Waals surface area (Å²) in [6.07, 6.45) is 1.95. The monoisotopic (exact) mass is 275 g/mol. The Morgan fingerprint density at radius 3 is 2.59 bits per heavy atom. The summed E-state index contributed by atoms with van der Waals surface area (Å²) in [7, 11) is -3.34. The maximum atomic E-state index is 11.5. The van der Waals surface area contributed by atoms with Crippen molar-refractivity contribution in [1.29, 1.82) is 0 Å². The van der Waals surface area contributed by atoms with Gasteiger partial charge >= 0.3 is 0 Å². The zero-order valence-corrected chi connectivity index (χ0v) is 11.0. The van der Waals surface area contributed by atoms with Crippen molar-refractivity contribution in [3.05, 3.63) is 24.3 Å². The summed E-state index contributed by atoms with van der Waals surface area (Å²) in [5.41, 5.74) is 0.314. The van der Waals surface area contributed by atoms with Crippen molar-refractivity contribution in [2.75, 3.05) is 17.5 Å². The molecular weight excluding hydrogens is 262 g/mol. The Kier molecular flexibility index (Phi) is 4.96. The van der Waals surface area contributed by atoms with Gasteiger partial charge in [0.05, 0.1) is 10.6 Å². The summed E-state index contributed by atoms with van der Waals surface area (Å²) in [6, 6.07) is 6.32. The number of anilines is 1. The standard InChI is InChI=1S/C11H14ClNO3S/c1-17(15,16)10-6-3-2-5-9(10)13-11(14)7-4-8-12/h2-3,5-6H,4,7-8H2,1H3,(H,13,14). The molecule has 0 aliphatic rings. The van der Waals surface area contributed by atoms with E-state index >= 15 is 0 Å².